The molecule has 0 aromatic heterocycles. The van der Waals surface area contributed by atoms with Crippen LogP contribution in [0.3, 0.4) is 0 Å². The van der Waals surface area contributed by atoms with Crippen molar-refractivity contribution in [3.63, 3.8) is 0 Å². The fourth-order valence-electron chi connectivity index (χ4n) is 1.28. The molecule has 0 unspecified atom stereocenters. The largest absolute Gasteiger partial charge is 0.466 e. The van der Waals surface area contributed by atoms with Gasteiger partial charge in [0.2, 0.25) is 0 Å². The van der Waals surface area contributed by atoms with Crippen LogP contribution in [-0.2, 0) is 14.3 Å². The van der Waals surface area contributed by atoms with Crippen molar-refractivity contribution < 1.29 is 19.1 Å². The number of hydrogen-bond donors (Lipinski definition) is 1. The van der Waals surface area contributed by atoms with Crippen molar-refractivity contribution in [2.75, 3.05) is 34.4 Å². The van der Waals surface area contributed by atoms with Crippen LogP contribution < -0.4 is 5.32 Å². The molecule has 6 heteroatoms. The van der Waals surface area contributed by atoms with E-state index in [0.29, 0.717) is 11.3 Å². The SMILES string of the molecule is COCC1=C(C(=O)OC)CN(C)C(=O)N1. The standard InChI is InChI=1S/C9H14N2O4/c1-11-4-6(8(12)15-3)7(5-14-2)10-9(11)13/h4-5H2,1-3H3,(H,10,13). The van der Waals surface area contributed by atoms with Crippen LogP contribution in [-0.4, -0.2) is 51.3 Å². The van der Waals surface area contributed by atoms with Crippen molar-refractivity contribution in [1.29, 1.82) is 0 Å². The summed E-state index contributed by atoms with van der Waals surface area (Å²) in [7, 11) is 4.39. The van der Waals surface area contributed by atoms with Gasteiger partial charge in [0.05, 0.1) is 31.5 Å². The maximum absolute atomic E-state index is 11.4. The highest BCUT2D eigenvalue weighted by atomic mass is 16.5. The molecule has 84 valence electrons. The Bertz CT molecular complexity index is 311. The summed E-state index contributed by atoms with van der Waals surface area (Å²) in [6.07, 6.45) is 0. The monoisotopic (exact) mass is 214 g/mol. The van der Waals surface area contributed by atoms with Gasteiger partial charge in [-0.1, -0.05) is 0 Å². The third-order valence-electron chi connectivity index (χ3n) is 2.08. The zero-order chi connectivity index (χ0) is 11.4. The molecule has 0 radical (unpaired) electrons. The number of amides is 2. The second-order valence-corrected chi connectivity index (χ2v) is 3.17. The molecule has 0 spiro atoms. The van der Waals surface area contributed by atoms with Gasteiger partial charge in [-0.05, 0) is 0 Å². The van der Waals surface area contributed by atoms with Crippen LogP contribution >= 0.6 is 0 Å². The summed E-state index contributed by atoms with van der Waals surface area (Å²) in [5.74, 6) is -0.450. The van der Waals surface area contributed by atoms with Gasteiger partial charge in [-0.3, -0.25) is 0 Å². The molecular formula is C9H14N2O4. The average molecular weight is 214 g/mol. The molecule has 1 rings (SSSR count). The van der Waals surface area contributed by atoms with Crippen LogP contribution in [0.2, 0.25) is 0 Å². The summed E-state index contributed by atoms with van der Waals surface area (Å²) < 4.78 is 9.51. The fraction of sp³-hybridized carbons (Fsp3) is 0.556. The molecule has 6 nitrogen and oxygen atoms in total. The lowest BCUT2D eigenvalue weighted by Crippen LogP contribution is -2.45. The van der Waals surface area contributed by atoms with Crippen molar-refractivity contribution in [3.8, 4) is 0 Å². The Kier molecular flexibility index (Phi) is 3.68. The normalized spacial score (nSPS) is 16.5. The first kappa shape index (κ1) is 11.5. The molecule has 0 saturated heterocycles. The number of nitrogens with one attached hydrogen (secondary N) is 1. The Hall–Kier alpha value is -1.56. The summed E-state index contributed by atoms with van der Waals surface area (Å²) in [4.78, 5) is 24.1. The number of urea groups is 1. The van der Waals surface area contributed by atoms with Gasteiger partial charge in [-0.2, -0.15) is 0 Å². The molecule has 1 N–H and O–H groups in total. The summed E-state index contributed by atoms with van der Waals surface area (Å²) in [6, 6.07) is -0.255. The van der Waals surface area contributed by atoms with E-state index in [2.05, 4.69) is 10.1 Å². The van der Waals surface area contributed by atoms with Gasteiger partial charge in [0.15, 0.2) is 0 Å². The Balaban J connectivity index is 2.95. The maximum Gasteiger partial charge on any atom is 0.337 e. The van der Waals surface area contributed by atoms with Crippen molar-refractivity contribution in [2.45, 2.75) is 0 Å². The molecule has 2 amide bonds. The number of carbonyl (C=O) groups excluding carboxylic acids is 2. The molecule has 0 atom stereocenters. The van der Waals surface area contributed by atoms with E-state index in [0.717, 1.165) is 0 Å². The zero-order valence-corrected chi connectivity index (χ0v) is 8.99. The Labute approximate surface area is 87.8 Å². The number of carbonyl (C=O) groups is 2. The van der Waals surface area contributed by atoms with E-state index < -0.39 is 5.97 Å². The minimum atomic E-state index is -0.450. The van der Waals surface area contributed by atoms with Crippen LogP contribution in [0, 0.1) is 0 Å². The first-order valence-electron chi connectivity index (χ1n) is 4.41. The smallest absolute Gasteiger partial charge is 0.337 e. The topological polar surface area (TPSA) is 67.9 Å². The zero-order valence-electron chi connectivity index (χ0n) is 8.99. The van der Waals surface area contributed by atoms with E-state index in [4.69, 9.17) is 4.74 Å². The number of hydrogen-bond acceptors (Lipinski definition) is 4. The van der Waals surface area contributed by atoms with Crippen LogP contribution in [0.15, 0.2) is 11.3 Å². The molecule has 1 aliphatic rings. The van der Waals surface area contributed by atoms with Gasteiger partial charge in [-0.15, -0.1) is 0 Å². The van der Waals surface area contributed by atoms with Gasteiger partial charge in [0.25, 0.3) is 0 Å². The molecule has 15 heavy (non-hydrogen) atoms. The van der Waals surface area contributed by atoms with Gasteiger partial charge in [0, 0.05) is 14.2 Å². The molecular weight excluding hydrogens is 200 g/mol. The Morgan fingerprint density at radius 3 is 2.73 bits per heavy atom. The Morgan fingerprint density at radius 1 is 1.53 bits per heavy atom. The number of rotatable bonds is 3. The number of ether oxygens (including phenoxy) is 2. The third kappa shape index (κ3) is 2.47. The quantitative estimate of drug-likeness (QED) is 0.656. The second kappa shape index (κ2) is 4.79. The highest BCUT2D eigenvalue weighted by Gasteiger charge is 2.26. The lowest BCUT2D eigenvalue weighted by Gasteiger charge is -2.27. The van der Waals surface area contributed by atoms with Crippen molar-refractivity contribution in [3.05, 3.63) is 11.3 Å². The van der Waals surface area contributed by atoms with Crippen molar-refractivity contribution in [2.24, 2.45) is 0 Å². The first-order chi connectivity index (χ1) is 7.10. The fourth-order valence-corrected chi connectivity index (χ4v) is 1.28. The number of likely N-dealkylation sites (N-methyl/N-ethyl adjacent to an activating group) is 1. The van der Waals surface area contributed by atoms with E-state index in [1.54, 1.807) is 7.05 Å². The van der Waals surface area contributed by atoms with E-state index in [9.17, 15) is 9.59 Å². The second-order valence-electron chi connectivity index (χ2n) is 3.17. The molecule has 0 fully saturated rings. The first-order valence-corrected chi connectivity index (χ1v) is 4.41. The summed E-state index contributed by atoms with van der Waals surface area (Å²) >= 11 is 0. The lowest BCUT2D eigenvalue weighted by molar-refractivity contribution is -0.136. The third-order valence-corrected chi connectivity index (χ3v) is 2.08. The number of nitrogens with zero attached hydrogens (tertiary/aromatic N) is 1. The molecule has 0 aromatic carbocycles. The van der Waals surface area contributed by atoms with E-state index in [-0.39, 0.29) is 19.2 Å². The van der Waals surface area contributed by atoms with Crippen LogP contribution in [0.4, 0.5) is 4.79 Å². The van der Waals surface area contributed by atoms with Crippen LogP contribution in [0.25, 0.3) is 0 Å². The highest BCUT2D eigenvalue weighted by molar-refractivity contribution is 5.93. The van der Waals surface area contributed by atoms with E-state index in [1.165, 1.54) is 19.1 Å². The van der Waals surface area contributed by atoms with Crippen LogP contribution in [0.5, 0.6) is 0 Å². The van der Waals surface area contributed by atoms with Crippen molar-refractivity contribution in [1.82, 2.24) is 10.2 Å². The minimum Gasteiger partial charge on any atom is -0.466 e. The minimum absolute atomic E-state index is 0.185. The summed E-state index contributed by atoms with van der Waals surface area (Å²) in [6.45, 7) is 0.418. The predicted octanol–water partition coefficient (Wildman–Crippen LogP) is -0.285. The molecule has 0 aromatic rings. The van der Waals surface area contributed by atoms with E-state index >= 15 is 0 Å². The number of esters is 1. The molecule has 0 bridgehead atoms. The molecule has 1 aliphatic heterocycles. The number of methoxy groups -OCH3 is 2. The van der Waals surface area contributed by atoms with Gasteiger partial charge < -0.3 is 19.7 Å². The Morgan fingerprint density at radius 2 is 2.20 bits per heavy atom. The van der Waals surface area contributed by atoms with Crippen LogP contribution in [0.1, 0.15) is 0 Å². The van der Waals surface area contributed by atoms with Gasteiger partial charge in [0.1, 0.15) is 0 Å². The summed E-state index contributed by atoms with van der Waals surface area (Å²) in [5.41, 5.74) is 0.883. The highest BCUT2D eigenvalue weighted by Crippen LogP contribution is 2.12. The average Bonchev–Trinajstić information content (AvgIpc) is 2.22. The van der Waals surface area contributed by atoms with Gasteiger partial charge in [-0.25, -0.2) is 9.59 Å². The maximum atomic E-state index is 11.4. The summed E-state index contributed by atoms with van der Waals surface area (Å²) in [5, 5.41) is 2.57. The molecule has 1 heterocycles. The molecule has 0 saturated carbocycles. The van der Waals surface area contributed by atoms with Crippen molar-refractivity contribution >= 4 is 12.0 Å². The lowest BCUT2D eigenvalue weighted by atomic mass is 10.1. The van der Waals surface area contributed by atoms with Gasteiger partial charge >= 0.3 is 12.0 Å². The predicted molar refractivity (Wildman–Crippen MR) is 52.1 cm³/mol. The van der Waals surface area contributed by atoms with E-state index in [1.807, 2.05) is 0 Å². The molecule has 0 aliphatic carbocycles.